The van der Waals surface area contributed by atoms with Crippen LogP contribution in [-0.4, -0.2) is 46.8 Å². The van der Waals surface area contributed by atoms with Crippen molar-refractivity contribution in [2.75, 3.05) is 13.1 Å². The number of nitrogens with zero attached hydrogens (tertiary/aromatic N) is 2. The zero-order chi connectivity index (χ0) is 21.7. The normalized spacial score (nSPS) is 19.6. The third-order valence-electron chi connectivity index (χ3n) is 5.13. The molecule has 1 aliphatic rings. The smallest absolute Gasteiger partial charge is 0.246 e. The molecule has 0 bridgehead atoms. The van der Waals surface area contributed by atoms with E-state index < -0.39 is 0 Å². The van der Waals surface area contributed by atoms with Crippen LogP contribution in [0, 0.1) is 11.6 Å². The van der Waals surface area contributed by atoms with Crippen LogP contribution in [0.2, 0.25) is 0 Å². The molecule has 4 nitrogen and oxygen atoms in total. The Balaban J connectivity index is 1.61. The first-order chi connectivity index (χ1) is 14.3. The van der Waals surface area contributed by atoms with Crippen molar-refractivity contribution in [1.29, 1.82) is 0 Å². The average molecular weight is 410 g/mol. The zero-order valence-electron chi connectivity index (χ0n) is 17.0. The number of amides is 2. The summed E-state index contributed by atoms with van der Waals surface area (Å²) in [5.41, 5.74) is 1.48. The highest BCUT2D eigenvalue weighted by atomic mass is 19.1. The summed E-state index contributed by atoms with van der Waals surface area (Å²) in [7, 11) is 0. The lowest BCUT2D eigenvalue weighted by atomic mass is 10.1. The first-order valence-electron chi connectivity index (χ1n) is 9.82. The van der Waals surface area contributed by atoms with Gasteiger partial charge in [0.05, 0.1) is 0 Å². The SMILES string of the molecule is C[C@H]1CN(C(=O)/C=C/c2ccc(F)cc2)[C@@H](C)CN1C(=O)/C=C/c1ccc(F)cc1. The second-order valence-corrected chi connectivity index (χ2v) is 7.45. The minimum Gasteiger partial charge on any atom is -0.333 e. The van der Waals surface area contributed by atoms with Crippen LogP contribution >= 0.6 is 0 Å². The predicted molar refractivity (Wildman–Crippen MR) is 113 cm³/mol. The molecule has 2 aromatic carbocycles. The maximum absolute atomic E-state index is 13.0. The van der Waals surface area contributed by atoms with Crippen LogP contribution in [-0.2, 0) is 9.59 Å². The molecule has 0 unspecified atom stereocenters. The van der Waals surface area contributed by atoms with Gasteiger partial charge in [0.1, 0.15) is 11.6 Å². The summed E-state index contributed by atoms with van der Waals surface area (Å²) in [6.07, 6.45) is 6.26. The Hall–Kier alpha value is -3.28. The molecule has 6 heteroatoms. The number of benzene rings is 2. The van der Waals surface area contributed by atoms with Gasteiger partial charge in [0.15, 0.2) is 0 Å². The van der Waals surface area contributed by atoms with Crippen LogP contribution in [0.15, 0.2) is 60.7 Å². The highest BCUT2D eigenvalue weighted by Crippen LogP contribution is 2.17. The highest BCUT2D eigenvalue weighted by molar-refractivity contribution is 5.94. The number of piperazine rings is 1. The minimum absolute atomic E-state index is 0.144. The summed E-state index contributed by atoms with van der Waals surface area (Å²) in [5.74, 6) is -0.939. The molecule has 0 saturated carbocycles. The van der Waals surface area contributed by atoms with E-state index in [0.717, 1.165) is 11.1 Å². The Bertz CT molecular complexity index is 873. The largest absolute Gasteiger partial charge is 0.333 e. The van der Waals surface area contributed by atoms with Gasteiger partial charge < -0.3 is 9.80 Å². The van der Waals surface area contributed by atoms with E-state index in [2.05, 4.69) is 0 Å². The standard InChI is InChI=1S/C24H24F2N2O2/c1-17-15-28(24(30)14-8-20-5-11-22(26)12-6-20)18(2)16-27(17)23(29)13-7-19-3-9-21(25)10-4-19/h3-14,17-18H,15-16H2,1-2H3/b13-7+,14-8+/t17-,18-/m0/s1. The van der Waals surface area contributed by atoms with Crippen LogP contribution < -0.4 is 0 Å². The van der Waals surface area contributed by atoms with Crippen molar-refractivity contribution < 1.29 is 18.4 Å². The lowest BCUT2D eigenvalue weighted by Gasteiger charge is -2.43. The maximum Gasteiger partial charge on any atom is 0.246 e. The van der Waals surface area contributed by atoms with Crippen molar-refractivity contribution in [1.82, 2.24) is 9.80 Å². The quantitative estimate of drug-likeness (QED) is 0.711. The third-order valence-corrected chi connectivity index (χ3v) is 5.13. The first-order valence-corrected chi connectivity index (χ1v) is 9.82. The van der Waals surface area contributed by atoms with Crippen molar-refractivity contribution in [2.45, 2.75) is 25.9 Å². The van der Waals surface area contributed by atoms with E-state index in [9.17, 15) is 18.4 Å². The molecule has 0 spiro atoms. The van der Waals surface area contributed by atoms with Gasteiger partial charge in [0.2, 0.25) is 11.8 Å². The van der Waals surface area contributed by atoms with Gasteiger partial charge in [-0.3, -0.25) is 9.59 Å². The van der Waals surface area contributed by atoms with Crippen molar-refractivity contribution in [3.8, 4) is 0 Å². The number of halogens is 2. The van der Waals surface area contributed by atoms with Gasteiger partial charge in [-0.15, -0.1) is 0 Å². The van der Waals surface area contributed by atoms with E-state index in [0.29, 0.717) is 13.1 Å². The Morgan fingerprint density at radius 1 is 0.733 bits per heavy atom. The Labute approximate surface area is 175 Å². The van der Waals surface area contributed by atoms with Gasteiger partial charge in [-0.1, -0.05) is 24.3 Å². The van der Waals surface area contributed by atoms with E-state index >= 15 is 0 Å². The second-order valence-electron chi connectivity index (χ2n) is 7.45. The summed E-state index contributed by atoms with van der Waals surface area (Å²) in [6, 6.07) is 11.5. The molecule has 0 N–H and O–H groups in total. The van der Waals surface area contributed by atoms with Gasteiger partial charge in [0, 0.05) is 37.3 Å². The molecule has 2 amide bonds. The molecule has 0 radical (unpaired) electrons. The molecule has 30 heavy (non-hydrogen) atoms. The van der Waals surface area contributed by atoms with Crippen molar-refractivity contribution in [3.05, 3.63) is 83.4 Å². The fourth-order valence-corrected chi connectivity index (χ4v) is 3.41. The monoisotopic (exact) mass is 410 g/mol. The fraction of sp³-hybridized carbons (Fsp3) is 0.250. The van der Waals surface area contributed by atoms with E-state index in [1.807, 2.05) is 13.8 Å². The molecule has 1 aliphatic heterocycles. The molecule has 2 atom stereocenters. The summed E-state index contributed by atoms with van der Waals surface area (Å²) in [4.78, 5) is 28.7. The topological polar surface area (TPSA) is 40.6 Å². The van der Waals surface area contributed by atoms with Gasteiger partial charge in [-0.25, -0.2) is 8.78 Å². The molecule has 1 heterocycles. The summed E-state index contributed by atoms with van der Waals surface area (Å²) in [5, 5.41) is 0. The number of hydrogen-bond donors (Lipinski definition) is 0. The molecule has 1 saturated heterocycles. The Morgan fingerprint density at radius 2 is 1.07 bits per heavy atom. The molecule has 1 fully saturated rings. The molecule has 0 aromatic heterocycles. The summed E-state index contributed by atoms with van der Waals surface area (Å²) < 4.78 is 26.0. The number of rotatable bonds is 4. The molecule has 0 aliphatic carbocycles. The van der Waals surface area contributed by atoms with E-state index in [1.54, 1.807) is 46.2 Å². The number of hydrogen-bond acceptors (Lipinski definition) is 2. The zero-order valence-corrected chi connectivity index (χ0v) is 17.0. The van der Waals surface area contributed by atoms with E-state index in [4.69, 9.17) is 0 Å². The van der Waals surface area contributed by atoms with Crippen LogP contribution in [0.4, 0.5) is 8.78 Å². The molecular weight excluding hydrogens is 386 g/mol. The predicted octanol–water partition coefficient (Wildman–Crippen LogP) is 4.14. The fourth-order valence-electron chi connectivity index (χ4n) is 3.41. The second kappa shape index (κ2) is 9.48. The van der Waals surface area contributed by atoms with E-state index in [1.165, 1.54) is 36.4 Å². The third kappa shape index (κ3) is 5.41. The van der Waals surface area contributed by atoms with Crippen LogP contribution in [0.1, 0.15) is 25.0 Å². The van der Waals surface area contributed by atoms with Crippen LogP contribution in [0.25, 0.3) is 12.2 Å². The van der Waals surface area contributed by atoms with Gasteiger partial charge in [-0.2, -0.15) is 0 Å². The highest BCUT2D eigenvalue weighted by Gasteiger charge is 2.32. The van der Waals surface area contributed by atoms with E-state index in [-0.39, 0.29) is 35.5 Å². The number of carbonyl (C=O) groups excluding carboxylic acids is 2. The number of carbonyl (C=O) groups is 2. The van der Waals surface area contributed by atoms with Crippen molar-refractivity contribution in [3.63, 3.8) is 0 Å². The van der Waals surface area contributed by atoms with Gasteiger partial charge >= 0.3 is 0 Å². The van der Waals surface area contributed by atoms with Gasteiger partial charge in [-0.05, 0) is 61.4 Å². The van der Waals surface area contributed by atoms with Crippen molar-refractivity contribution in [2.24, 2.45) is 0 Å². The summed E-state index contributed by atoms with van der Waals surface area (Å²) in [6.45, 7) is 4.65. The first kappa shape index (κ1) is 21.4. The summed E-state index contributed by atoms with van der Waals surface area (Å²) >= 11 is 0. The average Bonchev–Trinajstić information content (AvgIpc) is 2.73. The Morgan fingerprint density at radius 3 is 1.40 bits per heavy atom. The van der Waals surface area contributed by atoms with Crippen LogP contribution in [0.5, 0.6) is 0 Å². The molecule has 2 aromatic rings. The van der Waals surface area contributed by atoms with Gasteiger partial charge in [0.25, 0.3) is 0 Å². The maximum atomic E-state index is 13.0. The molecule has 3 rings (SSSR count). The lowest BCUT2D eigenvalue weighted by Crippen LogP contribution is -2.59. The molecule has 156 valence electrons. The Kier molecular flexibility index (Phi) is 6.77. The van der Waals surface area contributed by atoms with Crippen LogP contribution in [0.3, 0.4) is 0 Å². The molecular formula is C24H24F2N2O2. The van der Waals surface area contributed by atoms with Crippen molar-refractivity contribution >= 4 is 24.0 Å². The lowest BCUT2D eigenvalue weighted by molar-refractivity contribution is -0.139. The minimum atomic E-state index is -0.324.